The van der Waals surface area contributed by atoms with Crippen LogP contribution >= 0.6 is 11.6 Å². The molecule has 0 radical (unpaired) electrons. The summed E-state index contributed by atoms with van der Waals surface area (Å²) in [6.45, 7) is 1.45. The van der Waals surface area contributed by atoms with Crippen molar-refractivity contribution < 1.29 is 14.3 Å². The Hall–Kier alpha value is -3.19. The first-order valence-electron chi connectivity index (χ1n) is 9.11. The van der Waals surface area contributed by atoms with E-state index in [0.29, 0.717) is 21.7 Å². The van der Waals surface area contributed by atoms with Crippen LogP contribution in [0.2, 0.25) is 5.02 Å². The quantitative estimate of drug-likeness (QED) is 0.580. The first-order chi connectivity index (χ1) is 13.9. The summed E-state index contributed by atoms with van der Waals surface area (Å²) in [6, 6.07) is 13.8. The van der Waals surface area contributed by atoms with E-state index in [1.54, 1.807) is 36.4 Å². The van der Waals surface area contributed by atoms with Gasteiger partial charge in [-0.1, -0.05) is 35.9 Å². The smallest absolute Gasteiger partial charge is 0.306 e. The largest absolute Gasteiger partial charge is 0.456 e. The third kappa shape index (κ3) is 5.65. The van der Waals surface area contributed by atoms with Gasteiger partial charge in [0.1, 0.15) is 5.82 Å². The molecule has 150 valence electrons. The third-order valence-corrected chi connectivity index (χ3v) is 4.59. The third-order valence-electron chi connectivity index (χ3n) is 4.34. The average molecular weight is 414 g/mol. The fourth-order valence-electron chi connectivity index (χ4n) is 2.81. The summed E-state index contributed by atoms with van der Waals surface area (Å²) in [6.07, 6.45) is 0.211. The van der Waals surface area contributed by atoms with Gasteiger partial charge in [-0.15, -0.1) is 0 Å². The van der Waals surface area contributed by atoms with Gasteiger partial charge in [0.25, 0.3) is 11.5 Å². The van der Waals surface area contributed by atoms with Gasteiger partial charge >= 0.3 is 5.97 Å². The van der Waals surface area contributed by atoms with E-state index in [1.165, 1.54) is 0 Å². The number of H-pyrrole nitrogens is 1. The van der Waals surface area contributed by atoms with Gasteiger partial charge in [0.05, 0.1) is 23.4 Å². The highest BCUT2D eigenvalue weighted by molar-refractivity contribution is 6.30. The molecule has 1 amide bonds. The normalized spacial score (nSPS) is 11.8. The second-order valence-corrected chi connectivity index (χ2v) is 6.97. The number of aryl methyl sites for hydroxylation is 1. The lowest BCUT2D eigenvalue weighted by Crippen LogP contribution is -2.31. The zero-order chi connectivity index (χ0) is 20.8. The molecule has 0 fully saturated rings. The van der Waals surface area contributed by atoms with E-state index in [2.05, 4.69) is 15.3 Å². The maximum atomic E-state index is 12.0. The van der Waals surface area contributed by atoms with Crippen LogP contribution in [0.3, 0.4) is 0 Å². The van der Waals surface area contributed by atoms with Crippen molar-refractivity contribution in [3.63, 3.8) is 0 Å². The predicted molar refractivity (Wildman–Crippen MR) is 110 cm³/mol. The lowest BCUT2D eigenvalue weighted by molar-refractivity contribution is -0.148. The molecule has 0 saturated heterocycles. The molecular weight excluding hydrogens is 394 g/mol. The second-order valence-electron chi connectivity index (χ2n) is 6.53. The molecule has 1 heterocycles. The lowest BCUT2D eigenvalue weighted by Gasteiger charge is -2.14. The minimum Gasteiger partial charge on any atom is -0.456 e. The molecular formula is C21H20ClN3O4. The van der Waals surface area contributed by atoms with E-state index in [1.807, 2.05) is 19.1 Å². The first kappa shape index (κ1) is 20.5. The topological polar surface area (TPSA) is 101 Å². The molecule has 3 rings (SSSR count). The molecule has 0 aliphatic carbocycles. The first-order valence-corrected chi connectivity index (χ1v) is 9.48. The van der Waals surface area contributed by atoms with Crippen LogP contribution in [0.4, 0.5) is 0 Å². The highest BCUT2D eigenvalue weighted by Crippen LogP contribution is 2.15. The number of benzene rings is 2. The molecule has 0 aliphatic heterocycles. The minimum absolute atomic E-state index is 0.00129. The fraction of sp³-hybridized carbons (Fsp3) is 0.238. The molecule has 0 bridgehead atoms. The number of hydrogen-bond donors (Lipinski definition) is 2. The molecule has 1 aromatic heterocycles. The van der Waals surface area contributed by atoms with Crippen LogP contribution in [-0.4, -0.2) is 28.5 Å². The number of amides is 1. The summed E-state index contributed by atoms with van der Waals surface area (Å²) in [7, 11) is 0. The van der Waals surface area contributed by atoms with E-state index < -0.39 is 11.9 Å². The number of ether oxygens (including phenoxy) is 1. The Labute approximate surface area is 172 Å². The van der Waals surface area contributed by atoms with Crippen LogP contribution in [0.5, 0.6) is 0 Å². The molecule has 2 aromatic carbocycles. The number of fused-ring (bicyclic) bond motifs is 1. The number of nitrogens with one attached hydrogen (secondary N) is 2. The monoisotopic (exact) mass is 413 g/mol. The SMILES string of the molecule is C[C@@H](NC(=O)COC(=O)CCc1nc2ccccc2c(=O)[nH]1)c1ccc(Cl)cc1. The van der Waals surface area contributed by atoms with Gasteiger partial charge < -0.3 is 15.0 Å². The maximum Gasteiger partial charge on any atom is 0.306 e. The van der Waals surface area contributed by atoms with Crippen molar-refractivity contribution in [2.75, 3.05) is 6.61 Å². The summed E-state index contributed by atoms with van der Waals surface area (Å²) >= 11 is 5.85. The van der Waals surface area contributed by atoms with Crippen LogP contribution < -0.4 is 10.9 Å². The molecule has 8 heteroatoms. The number of aromatic amines is 1. The molecule has 0 aliphatic rings. The zero-order valence-electron chi connectivity index (χ0n) is 15.8. The highest BCUT2D eigenvalue weighted by Gasteiger charge is 2.13. The summed E-state index contributed by atoms with van der Waals surface area (Å²) in [5.41, 5.74) is 1.20. The van der Waals surface area contributed by atoms with Gasteiger partial charge in [0.2, 0.25) is 0 Å². The van der Waals surface area contributed by atoms with Crippen molar-refractivity contribution in [1.82, 2.24) is 15.3 Å². The van der Waals surface area contributed by atoms with E-state index in [-0.39, 0.29) is 31.0 Å². The Balaban J connectivity index is 1.46. The van der Waals surface area contributed by atoms with Crippen molar-refractivity contribution in [3.8, 4) is 0 Å². The van der Waals surface area contributed by atoms with Gasteiger partial charge in [-0.05, 0) is 36.8 Å². The summed E-state index contributed by atoms with van der Waals surface area (Å²) in [5, 5.41) is 3.86. The molecule has 7 nitrogen and oxygen atoms in total. The maximum absolute atomic E-state index is 12.0. The molecule has 0 unspecified atom stereocenters. The number of rotatable bonds is 7. The average Bonchev–Trinajstić information content (AvgIpc) is 2.71. The standard InChI is InChI=1S/C21H20ClN3O4/c1-13(14-6-8-15(22)9-7-14)23-19(26)12-29-20(27)11-10-18-24-17-5-3-2-4-16(17)21(28)25-18/h2-9,13H,10-12H2,1H3,(H,23,26)(H,24,25,28)/t13-/m1/s1. The van der Waals surface area contributed by atoms with Gasteiger partial charge in [-0.2, -0.15) is 0 Å². The van der Waals surface area contributed by atoms with Crippen molar-refractivity contribution in [2.24, 2.45) is 0 Å². The van der Waals surface area contributed by atoms with Crippen LogP contribution in [-0.2, 0) is 20.7 Å². The van der Waals surface area contributed by atoms with Gasteiger partial charge in [0, 0.05) is 11.4 Å². The van der Waals surface area contributed by atoms with Crippen molar-refractivity contribution in [2.45, 2.75) is 25.8 Å². The summed E-state index contributed by atoms with van der Waals surface area (Å²) < 4.78 is 5.01. The Morgan fingerprint density at radius 1 is 1.17 bits per heavy atom. The zero-order valence-corrected chi connectivity index (χ0v) is 16.5. The minimum atomic E-state index is -0.546. The number of hydrogen-bond acceptors (Lipinski definition) is 5. The molecule has 0 spiro atoms. The van der Waals surface area contributed by atoms with Crippen molar-refractivity contribution in [3.05, 3.63) is 75.3 Å². The summed E-state index contributed by atoms with van der Waals surface area (Å²) in [4.78, 5) is 42.9. The van der Waals surface area contributed by atoms with Crippen molar-refractivity contribution in [1.29, 1.82) is 0 Å². The van der Waals surface area contributed by atoms with Gasteiger partial charge in [-0.25, -0.2) is 4.98 Å². The number of carbonyl (C=O) groups excluding carboxylic acids is 2. The van der Waals surface area contributed by atoms with Crippen LogP contribution in [0.15, 0.2) is 53.3 Å². The predicted octanol–water partition coefficient (Wildman–Crippen LogP) is 2.93. The van der Waals surface area contributed by atoms with E-state index in [4.69, 9.17) is 16.3 Å². The molecule has 2 N–H and O–H groups in total. The van der Waals surface area contributed by atoms with Crippen LogP contribution in [0.25, 0.3) is 10.9 Å². The highest BCUT2D eigenvalue weighted by atomic mass is 35.5. The lowest BCUT2D eigenvalue weighted by atomic mass is 10.1. The second kappa shape index (κ2) is 9.34. The van der Waals surface area contributed by atoms with E-state index in [9.17, 15) is 14.4 Å². The number of para-hydroxylation sites is 1. The molecule has 3 aromatic rings. The molecule has 1 atom stereocenters. The number of nitrogens with zero attached hydrogens (tertiary/aromatic N) is 1. The van der Waals surface area contributed by atoms with Crippen LogP contribution in [0, 0.1) is 0 Å². The Morgan fingerprint density at radius 2 is 1.90 bits per heavy atom. The number of carbonyl (C=O) groups is 2. The summed E-state index contributed by atoms with van der Waals surface area (Å²) in [5.74, 6) is -0.556. The Kier molecular flexibility index (Phi) is 6.61. The number of halogens is 1. The Morgan fingerprint density at radius 3 is 2.66 bits per heavy atom. The van der Waals surface area contributed by atoms with E-state index in [0.717, 1.165) is 5.56 Å². The Bertz CT molecular complexity index is 1080. The van der Waals surface area contributed by atoms with Crippen molar-refractivity contribution >= 4 is 34.4 Å². The molecule has 0 saturated carbocycles. The fourth-order valence-corrected chi connectivity index (χ4v) is 2.94. The van der Waals surface area contributed by atoms with E-state index >= 15 is 0 Å². The van der Waals surface area contributed by atoms with Gasteiger partial charge in [-0.3, -0.25) is 14.4 Å². The van der Waals surface area contributed by atoms with Gasteiger partial charge in [0.15, 0.2) is 6.61 Å². The molecule has 29 heavy (non-hydrogen) atoms. The number of esters is 1. The van der Waals surface area contributed by atoms with Crippen LogP contribution in [0.1, 0.15) is 30.8 Å². The number of aromatic nitrogens is 2.